The molecule has 0 aromatic carbocycles. The van der Waals surface area contributed by atoms with Crippen molar-refractivity contribution >= 4 is 109 Å². The fraction of sp³-hybridized carbons (Fsp3) is 0.730. The second-order valence-electron chi connectivity index (χ2n) is 29.4. The van der Waals surface area contributed by atoms with Gasteiger partial charge in [0.15, 0.2) is 72.1 Å². The molecule has 6 N–H and O–H groups in total. The highest BCUT2D eigenvalue weighted by molar-refractivity contribution is 7.92. The number of morpholine rings is 3. The second kappa shape index (κ2) is 32.3. The van der Waals surface area contributed by atoms with Crippen molar-refractivity contribution in [1.82, 2.24) is 50.3 Å². The monoisotopic (exact) mass is 1550 g/mol. The molecular weight excluding hydrogens is 1450 g/mol. The molecule has 6 fully saturated rings. The van der Waals surface area contributed by atoms with Gasteiger partial charge in [-0.25, -0.2) is 64.7 Å². The molecule has 3 amide bonds. The zero-order valence-corrected chi connectivity index (χ0v) is 64.9. The highest BCUT2D eigenvalue weighted by atomic mass is 35.5. The van der Waals surface area contributed by atoms with E-state index < -0.39 is 73.1 Å². The van der Waals surface area contributed by atoms with Crippen LogP contribution < -0.4 is 45.3 Å². The summed E-state index contributed by atoms with van der Waals surface area (Å²) in [6.07, 6.45) is 5.18. The first-order valence-corrected chi connectivity index (χ1v) is 39.2. The number of nitrogens with zero attached hydrogens (tertiary/aromatic N) is 11. The minimum Gasteiger partial charge on any atom is -0.487 e. The van der Waals surface area contributed by atoms with Gasteiger partial charge in [-0.05, 0) is 109 Å². The lowest BCUT2D eigenvalue weighted by atomic mass is 10.0. The van der Waals surface area contributed by atoms with Crippen LogP contribution in [0.3, 0.4) is 0 Å². The Balaban J connectivity index is 0.000000204. The number of hydrogen-bond acceptors (Lipinski definition) is 30. The maximum atomic E-state index is 13.6. The lowest BCUT2D eigenvalue weighted by molar-refractivity contribution is 0.0479. The van der Waals surface area contributed by atoms with Gasteiger partial charge >= 0.3 is 12.1 Å². The number of anilines is 3. The van der Waals surface area contributed by atoms with Gasteiger partial charge in [-0.3, -0.25) is 15.0 Å². The Morgan fingerprint density at radius 3 is 1.27 bits per heavy atom. The van der Waals surface area contributed by atoms with Crippen LogP contribution in [0.2, 0.25) is 0 Å². The minimum absolute atomic E-state index is 0. The van der Waals surface area contributed by atoms with Crippen molar-refractivity contribution in [2.24, 2.45) is 5.73 Å². The summed E-state index contributed by atoms with van der Waals surface area (Å²) in [6, 6.07) is -0.748. The molecular formula is C63H98BCl2N15O19S3. The number of carbonyl (C=O) groups is 4. The van der Waals surface area contributed by atoms with Crippen LogP contribution in [0.4, 0.5) is 22.2 Å². The summed E-state index contributed by atoms with van der Waals surface area (Å²) in [4.78, 5) is 86.0. The largest absolute Gasteiger partial charge is 0.487 e. The summed E-state index contributed by atoms with van der Waals surface area (Å²) in [7, 11) is -5.77. The van der Waals surface area contributed by atoms with E-state index in [-0.39, 0.29) is 138 Å². The van der Waals surface area contributed by atoms with Crippen LogP contribution in [0.5, 0.6) is 17.2 Å². The molecule has 574 valence electrons. The average molecular weight is 1550 g/mol. The molecule has 9 atom stereocenters. The zero-order chi connectivity index (χ0) is 74.4. The van der Waals surface area contributed by atoms with E-state index in [0.29, 0.717) is 115 Å². The fourth-order valence-corrected chi connectivity index (χ4v) is 14.2. The van der Waals surface area contributed by atoms with Crippen LogP contribution in [0.25, 0.3) is 0 Å². The molecule has 3 aromatic heterocycles. The third-order valence-electron chi connectivity index (χ3n) is 19.2. The molecule has 9 aliphatic rings. The minimum atomic E-state index is -3.63. The number of carboxylic acid groups (broad SMARTS) is 1. The zero-order valence-electron chi connectivity index (χ0n) is 60.8. The van der Waals surface area contributed by atoms with Crippen molar-refractivity contribution in [3.8, 4) is 17.2 Å². The highest BCUT2D eigenvalue weighted by Crippen LogP contribution is 2.47. The van der Waals surface area contributed by atoms with E-state index in [2.05, 4.69) is 45.4 Å². The number of carboxylic acids is 1. The number of carbonyl (C=O) groups excluding carboxylic acids is 3. The molecule has 0 aliphatic carbocycles. The van der Waals surface area contributed by atoms with Crippen LogP contribution in [0.1, 0.15) is 151 Å². The van der Waals surface area contributed by atoms with Gasteiger partial charge in [0.25, 0.3) is 11.8 Å². The number of amides is 3. The first-order chi connectivity index (χ1) is 46.9. The first-order valence-electron chi connectivity index (χ1n) is 33.5. The van der Waals surface area contributed by atoms with Gasteiger partial charge in [0.1, 0.15) is 68.6 Å². The number of sulfone groups is 3. The Morgan fingerprint density at radius 1 is 0.573 bits per heavy atom. The number of hydrogen-bond donors (Lipinski definition) is 5. The quantitative estimate of drug-likeness (QED) is 0.104. The first kappa shape index (κ1) is 83.8. The van der Waals surface area contributed by atoms with E-state index in [0.717, 1.165) is 38.3 Å². The third kappa shape index (κ3) is 18.3. The van der Waals surface area contributed by atoms with E-state index >= 15 is 0 Å². The number of ether oxygens (including phenoxy) is 8. The van der Waals surface area contributed by atoms with Crippen molar-refractivity contribution in [3.63, 3.8) is 0 Å². The topological polar surface area (TPSA) is 432 Å². The summed E-state index contributed by atoms with van der Waals surface area (Å²) < 4.78 is 116. The second-order valence-corrected chi connectivity index (χ2v) is 37.0. The standard InChI is InChI=1S/C24H37N5O7S.C19H29N5O5S.C15H21N3O6S.C5H9BN2O.2ClH/c1-14-11-34-12-16-13-35-17-18(24(5,6)37(7,32)33)26-19(27-20(17)29(14)16)21(30)28-9-8-15(10-28)25-22(31)36-23(2,3)4;1-11-8-28-9-13-10-29-14-15(19(2,3)30(4,26)27)21-16(22-17(14)24(11)13)18(25)23-6-5-12(20)7-23;1-8-5-23-6-9-7-24-10-11(15(2,3)25(4,21)22)16-12(14(19)20)17-13(10)18(8)9;6-5(7)9-4-1-2-8-3-4;;/h14-16H,8-13H2,1-7H3,(H,25,31);11-13H,5-10,20H2,1-4H3;8-9H,5-7H2,1-4H3,(H,19,20);4,7-8H,1-3H2;2*1H/t14-,15+,16+;11-,12+,13+;8-,9+;4-;;/m1110../s1. The number of alkyl carbamates (subject to hydrolysis) is 1. The molecule has 9 aliphatic heterocycles. The number of fused-ring (bicyclic) bond motifs is 9. The lowest BCUT2D eigenvalue weighted by Crippen LogP contribution is -2.56. The summed E-state index contributed by atoms with van der Waals surface area (Å²) in [5.41, 5.74) is 5.75. The SMILES string of the molecule is C[C@@H]1COC[C@H]2COc3c(nc(C(=O)N4CC[C@H](N)C4)nc3C(C)(C)S(C)(=O)=O)N21.C[C@@H]1COC[C@H]2COc3c(nc(C(=O)N4CC[C@H](NC(=O)OC(C)(C)C)C4)nc3C(C)(C)S(C)(=O)=O)N21.C[C@@H]1COC[C@H]2COc3c(nc(C(=O)O)nc3C(C)(C)S(C)(=O)=O)N21.Cl.Cl.[B]C(=N)O[C@H]1CCNC1. The van der Waals surface area contributed by atoms with E-state index in [1.807, 2.05) is 30.6 Å². The number of rotatable bonds is 11. The molecule has 2 radical (unpaired) electrons. The molecule has 0 saturated carbocycles. The van der Waals surface area contributed by atoms with Crippen LogP contribution in [0, 0.1) is 5.41 Å². The van der Waals surface area contributed by atoms with Gasteiger partial charge in [0, 0.05) is 57.5 Å². The number of halogens is 2. The van der Waals surface area contributed by atoms with Crippen LogP contribution >= 0.6 is 24.8 Å². The highest BCUT2D eigenvalue weighted by Gasteiger charge is 2.49. The van der Waals surface area contributed by atoms with Gasteiger partial charge in [0.2, 0.25) is 17.5 Å². The molecule has 103 heavy (non-hydrogen) atoms. The maximum Gasteiger partial charge on any atom is 0.407 e. The Labute approximate surface area is 615 Å². The summed E-state index contributed by atoms with van der Waals surface area (Å²) in [6.45, 7) is 27.6. The van der Waals surface area contributed by atoms with E-state index in [1.165, 1.54) is 13.8 Å². The third-order valence-corrected chi connectivity index (χ3v) is 25.4. The van der Waals surface area contributed by atoms with Gasteiger partial charge in [-0.2, -0.15) is 0 Å². The van der Waals surface area contributed by atoms with Gasteiger partial charge in [-0.1, -0.05) is 0 Å². The van der Waals surface area contributed by atoms with Crippen molar-refractivity contribution in [2.45, 2.75) is 177 Å². The van der Waals surface area contributed by atoms with Gasteiger partial charge < -0.3 is 83.9 Å². The molecule has 3 aromatic rings. The smallest absolute Gasteiger partial charge is 0.407 e. The Bertz CT molecular complexity index is 4010. The lowest BCUT2D eigenvalue weighted by Gasteiger charge is -2.45. The van der Waals surface area contributed by atoms with Crippen molar-refractivity contribution in [2.75, 3.05) is 132 Å². The molecule has 6 saturated heterocycles. The summed E-state index contributed by atoms with van der Waals surface area (Å²) in [5.74, 6) is -0.874. The van der Waals surface area contributed by atoms with Crippen LogP contribution in [-0.2, 0) is 67.4 Å². The van der Waals surface area contributed by atoms with Gasteiger partial charge in [-0.15, -0.1) is 24.8 Å². The van der Waals surface area contributed by atoms with E-state index in [9.17, 15) is 49.5 Å². The number of aromatic nitrogens is 6. The molecule has 34 nitrogen and oxygen atoms in total. The predicted molar refractivity (Wildman–Crippen MR) is 385 cm³/mol. The predicted octanol–water partition coefficient (Wildman–Crippen LogP) is 2.15. The Morgan fingerprint density at radius 2 is 0.942 bits per heavy atom. The molecule has 0 unspecified atom stereocenters. The van der Waals surface area contributed by atoms with Crippen molar-refractivity contribution in [3.05, 3.63) is 34.6 Å². The molecule has 0 spiro atoms. The number of likely N-dealkylation sites (tertiary alicyclic amines) is 2. The number of nitrogens with two attached hydrogens (primary N) is 1. The van der Waals surface area contributed by atoms with Crippen LogP contribution in [-0.4, -0.2) is 285 Å². The van der Waals surface area contributed by atoms with Crippen molar-refractivity contribution in [1.29, 1.82) is 5.41 Å². The fourth-order valence-electron chi connectivity index (χ4n) is 12.7. The van der Waals surface area contributed by atoms with E-state index in [1.54, 1.807) is 58.3 Å². The van der Waals surface area contributed by atoms with Crippen LogP contribution in [0.15, 0.2) is 0 Å². The van der Waals surface area contributed by atoms with Gasteiger partial charge in [0.05, 0.1) is 81.9 Å². The summed E-state index contributed by atoms with van der Waals surface area (Å²) >= 11 is 0. The number of aromatic carboxylic acids is 1. The summed E-state index contributed by atoms with van der Waals surface area (Å²) in [5, 5.41) is 22.1. The molecule has 0 bridgehead atoms. The molecule has 40 heteroatoms. The normalized spacial score (nSPS) is 24.4. The Hall–Kier alpha value is -6.52. The van der Waals surface area contributed by atoms with Crippen molar-refractivity contribution < 1.29 is 87.4 Å². The molecule has 12 rings (SSSR count). The molecule has 12 heterocycles. The average Bonchev–Trinajstić information content (AvgIpc) is 1.29. The number of nitrogens with one attached hydrogen (secondary N) is 3. The maximum absolute atomic E-state index is 13.6. The van der Waals surface area contributed by atoms with E-state index in [4.69, 9.17) is 56.9 Å². The Kier molecular flexibility index (Phi) is 26.3.